The van der Waals surface area contributed by atoms with E-state index >= 15 is 0 Å². The van der Waals surface area contributed by atoms with Crippen molar-refractivity contribution in [3.8, 4) is 5.75 Å². The number of rotatable bonds is 3. The number of azo groups is 1. The van der Waals surface area contributed by atoms with Crippen molar-refractivity contribution in [1.82, 2.24) is 0 Å². The summed E-state index contributed by atoms with van der Waals surface area (Å²) in [6.45, 7) is 0. The summed E-state index contributed by atoms with van der Waals surface area (Å²) in [5.74, 6) is 0.0946. The molecule has 0 bridgehead atoms. The molecule has 18 heavy (non-hydrogen) atoms. The summed E-state index contributed by atoms with van der Waals surface area (Å²) >= 11 is 0. The van der Waals surface area contributed by atoms with Gasteiger partial charge >= 0.3 is 6.16 Å². The highest BCUT2D eigenvalue weighted by Crippen LogP contribution is 2.28. The molecule has 2 aromatic rings. The van der Waals surface area contributed by atoms with Crippen LogP contribution in [0.3, 0.4) is 0 Å². The fourth-order valence-corrected chi connectivity index (χ4v) is 1.32. The summed E-state index contributed by atoms with van der Waals surface area (Å²) in [4.78, 5) is 10.4. The molecule has 0 saturated heterocycles. The molecule has 89 valence electrons. The van der Waals surface area contributed by atoms with Gasteiger partial charge in [0.25, 0.3) is 0 Å². The summed E-state index contributed by atoms with van der Waals surface area (Å²) in [6.07, 6.45) is -1.63. The lowest BCUT2D eigenvalue weighted by atomic mass is 10.3. The van der Waals surface area contributed by atoms with Gasteiger partial charge < -0.3 is 4.74 Å². The molecule has 1 radical (unpaired) electrons. The molecule has 0 saturated carbocycles. The Hall–Kier alpha value is -2.69. The molecule has 0 fully saturated rings. The van der Waals surface area contributed by atoms with Gasteiger partial charge in [-0.05, 0) is 24.3 Å². The molecule has 5 heteroatoms. The number of hydrogen-bond donors (Lipinski definition) is 0. The van der Waals surface area contributed by atoms with Crippen LogP contribution in [0.15, 0.2) is 64.8 Å². The van der Waals surface area contributed by atoms with Crippen LogP contribution in [-0.4, -0.2) is 6.16 Å². The van der Waals surface area contributed by atoms with Crippen LogP contribution < -0.4 is 4.74 Å². The first kappa shape index (κ1) is 11.8. The fourth-order valence-electron chi connectivity index (χ4n) is 1.32. The first-order valence-corrected chi connectivity index (χ1v) is 5.20. The topological polar surface area (TPSA) is 70.9 Å². The van der Waals surface area contributed by atoms with Crippen LogP contribution in [0, 0.1) is 0 Å². The van der Waals surface area contributed by atoms with Gasteiger partial charge in [-0.3, -0.25) is 0 Å². The second-order valence-electron chi connectivity index (χ2n) is 3.36. The molecule has 0 N–H and O–H groups in total. The average Bonchev–Trinajstić information content (AvgIpc) is 2.38. The van der Waals surface area contributed by atoms with E-state index < -0.39 is 6.16 Å². The third kappa shape index (κ3) is 3.15. The zero-order valence-electron chi connectivity index (χ0n) is 9.32. The summed E-state index contributed by atoms with van der Waals surface area (Å²) in [7, 11) is 0. The van der Waals surface area contributed by atoms with Crippen LogP contribution in [0.2, 0.25) is 0 Å². The number of benzene rings is 2. The van der Waals surface area contributed by atoms with Gasteiger partial charge in [0.15, 0.2) is 5.75 Å². The van der Waals surface area contributed by atoms with E-state index in [1.807, 2.05) is 18.2 Å². The van der Waals surface area contributed by atoms with E-state index in [1.54, 1.807) is 30.3 Å². The van der Waals surface area contributed by atoms with Gasteiger partial charge in [-0.15, -0.1) is 5.11 Å². The molecule has 0 unspecified atom stereocenters. The van der Waals surface area contributed by atoms with Gasteiger partial charge in [0.1, 0.15) is 5.69 Å². The number of carbonyl (C=O) groups is 1. The Bertz CT molecular complexity index is 567. The molecular weight excluding hydrogens is 232 g/mol. The van der Waals surface area contributed by atoms with E-state index in [0.717, 1.165) is 0 Å². The van der Waals surface area contributed by atoms with Gasteiger partial charge in [0.2, 0.25) is 0 Å². The minimum Gasteiger partial charge on any atom is -0.390 e. The molecule has 0 aliphatic carbocycles. The van der Waals surface area contributed by atoms with Crippen LogP contribution in [0.25, 0.3) is 0 Å². The summed E-state index contributed by atoms with van der Waals surface area (Å²) in [5.41, 5.74) is 0.992. The Morgan fingerprint density at radius 2 is 1.56 bits per heavy atom. The third-order valence-corrected chi connectivity index (χ3v) is 2.09. The third-order valence-electron chi connectivity index (χ3n) is 2.09. The zero-order valence-corrected chi connectivity index (χ0v) is 9.32. The van der Waals surface area contributed by atoms with E-state index in [9.17, 15) is 9.90 Å². The van der Waals surface area contributed by atoms with Crippen molar-refractivity contribution in [2.24, 2.45) is 10.2 Å². The van der Waals surface area contributed by atoms with Crippen molar-refractivity contribution in [3.05, 3.63) is 54.6 Å². The second-order valence-corrected chi connectivity index (χ2v) is 3.36. The molecule has 5 nitrogen and oxygen atoms in total. The molecule has 0 spiro atoms. The van der Waals surface area contributed by atoms with E-state index in [-0.39, 0.29) is 5.75 Å². The van der Waals surface area contributed by atoms with Crippen molar-refractivity contribution in [3.63, 3.8) is 0 Å². The van der Waals surface area contributed by atoms with Gasteiger partial charge in [-0.1, -0.05) is 30.3 Å². The molecular formula is C13H9N2O3. The number of hydrogen-bond acceptors (Lipinski definition) is 4. The second kappa shape index (κ2) is 5.58. The van der Waals surface area contributed by atoms with Gasteiger partial charge in [0, 0.05) is 0 Å². The van der Waals surface area contributed by atoms with Crippen LogP contribution in [0.4, 0.5) is 16.2 Å². The minimum atomic E-state index is -1.63. The quantitative estimate of drug-likeness (QED) is 0.462. The summed E-state index contributed by atoms with van der Waals surface area (Å²) < 4.78 is 4.49. The Balaban J connectivity index is 2.23. The first-order chi connectivity index (χ1) is 8.75. The van der Waals surface area contributed by atoms with Crippen molar-refractivity contribution >= 4 is 17.5 Å². The molecule has 0 aliphatic heterocycles. The maximum atomic E-state index is 10.4. The summed E-state index contributed by atoms with van der Waals surface area (Å²) in [5, 5.41) is 18.3. The average molecular weight is 241 g/mol. The van der Waals surface area contributed by atoms with E-state index in [2.05, 4.69) is 15.0 Å². The van der Waals surface area contributed by atoms with Gasteiger partial charge in [-0.2, -0.15) is 15.0 Å². The van der Waals surface area contributed by atoms with Gasteiger partial charge in [-0.25, -0.2) is 0 Å². The van der Waals surface area contributed by atoms with E-state index in [0.29, 0.717) is 11.4 Å². The van der Waals surface area contributed by atoms with Crippen molar-refractivity contribution in [2.75, 3.05) is 0 Å². The zero-order chi connectivity index (χ0) is 12.8. The molecule has 0 aliphatic rings. The lowest BCUT2D eigenvalue weighted by molar-refractivity contribution is 0.117. The molecule has 0 heterocycles. The van der Waals surface area contributed by atoms with Crippen LogP contribution in [0.1, 0.15) is 0 Å². The highest BCUT2D eigenvalue weighted by Gasteiger charge is 2.07. The first-order valence-electron chi connectivity index (χ1n) is 5.20. The molecule has 0 amide bonds. The normalized spacial score (nSPS) is 10.4. The largest absolute Gasteiger partial charge is 0.555 e. The van der Waals surface area contributed by atoms with Crippen LogP contribution in [0.5, 0.6) is 5.75 Å². The SMILES string of the molecule is [O]C(=O)Oc1ccccc1N=Nc1ccccc1. The Labute approximate surface area is 103 Å². The number of nitrogens with zero attached hydrogens (tertiary/aromatic N) is 2. The van der Waals surface area contributed by atoms with E-state index in [4.69, 9.17) is 0 Å². The Morgan fingerprint density at radius 1 is 0.889 bits per heavy atom. The van der Waals surface area contributed by atoms with Gasteiger partial charge in [0.05, 0.1) is 5.69 Å². The molecule has 0 aromatic heterocycles. The van der Waals surface area contributed by atoms with E-state index in [1.165, 1.54) is 6.07 Å². The fraction of sp³-hybridized carbons (Fsp3) is 0. The monoisotopic (exact) mass is 241 g/mol. The lowest BCUT2D eigenvalue weighted by Gasteiger charge is -2.00. The molecule has 0 atom stereocenters. The maximum absolute atomic E-state index is 10.4. The Morgan fingerprint density at radius 3 is 2.28 bits per heavy atom. The minimum absolute atomic E-state index is 0.0946. The number of carbonyl (C=O) groups excluding carboxylic acids is 1. The predicted octanol–water partition coefficient (Wildman–Crippen LogP) is 4.03. The van der Waals surface area contributed by atoms with Crippen molar-refractivity contribution in [2.45, 2.75) is 0 Å². The highest BCUT2D eigenvalue weighted by atomic mass is 16.7. The molecule has 2 aromatic carbocycles. The maximum Gasteiger partial charge on any atom is 0.555 e. The van der Waals surface area contributed by atoms with Crippen molar-refractivity contribution in [1.29, 1.82) is 0 Å². The lowest BCUT2D eigenvalue weighted by Crippen LogP contribution is -2.00. The Kier molecular flexibility index (Phi) is 3.66. The van der Waals surface area contributed by atoms with Crippen LogP contribution >= 0.6 is 0 Å². The standard InChI is InChI=1S/C13H9N2O3/c16-13(17)18-12-9-5-4-8-11(12)15-14-10-6-2-1-3-7-10/h1-9H. The van der Waals surface area contributed by atoms with Crippen molar-refractivity contribution < 1.29 is 14.6 Å². The van der Waals surface area contributed by atoms with Crippen LogP contribution in [-0.2, 0) is 5.11 Å². The highest BCUT2D eigenvalue weighted by molar-refractivity contribution is 5.65. The molecule has 2 rings (SSSR count). The summed E-state index contributed by atoms with van der Waals surface area (Å²) in [6, 6.07) is 15.5. The number of ether oxygens (including phenoxy) is 1. The smallest absolute Gasteiger partial charge is 0.390 e. The predicted molar refractivity (Wildman–Crippen MR) is 63.8 cm³/mol. The number of para-hydroxylation sites is 1.